The van der Waals surface area contributed by atoms with Crippen LogP contribution in [0, 0.1) is 17.8 Å². The molecule has 0 spiro atoms. The number of alkyl halides is 2. The van der Waals surface area contributed by atoms with E-state index in [4.69, 9.17) is 4.74 Å². The van der Waals surface area contributed by atoms with Gasteiger partial charge in [0.15, 0.2) is 11.5 Å². The molecular weight excluding hydrogens is 378 g/mol. The highest BCUT2D eigenvalue weighted by atomic mass is 19.3. The molecule has 0 aromatic heterocycles. The molecule has 1 aromatic rings. The highest BCUT2D eigenvalue weighted by Gasteiger charge is 2.55. The highest BCUT2D eigenvalue weighted by molar-refractivity contribution is 5.45. The van der Waals surface area contributed by atoms with E-state index in [0.717, 1.165) is 56.7 Å². The summed E-state index contributed by atoms with van der Waals surface area (Å²) in [6, 6.07) is 5.09. The zero-order valence-corrected chi connectivity index (χ0v) is 16.8. The molecule has 1 saturated carbocycles. The van der Waals surface area contributed by atoms with Crippen LogP contribution in [-0.2, 0) is 11.3 Å². The van der Waals surface area contributed by atoms with Crippen molar-refractivity contribution in [3.8, 4) is 11.5 Å². The van der Waals surface area contributed by atoms with E-state index in [1.165, 1.54) is 38.9 Å². The lowest BCUT2D eigenvalue weighted by atomic mass is 10.1. The minimum Gasteiger partial charge on any atom is -0.395 e. The summed E-state index contributed by atoms with van der Waals surface area (Å²) in [6.07, 6.45) is 1.68. The zero-order valence-electron chi connectivity index (χ0n) is 16.8. The first-order valence-electron chi connectivity index (χ1n) is 11.0. The molecule has 3 aliphatic heterocycles. The maximum Gasteiger partial charge on any atom is 0.586 e. The first-order valence-corrected chi connectivity index (χ1v) is 11.0. The largest absolute Gasteiger partial charge is 0.586 e. The number of likely N-dealkylation sites (tertiary alicyclic amines) is 2. The minimum absolute atomic E-state index is 0.112. The van der Waals surface area contributed by atoms with E-state index in [2.05, 4.69) is 19.3 Å². The predicted molar refractivity (Wildman–Crippen MR) is 104 cm³/mol. The van der Waals surface area contributed by atoms with Gasteiger partial charge in [0.05, 0.1) is 6.61 Å². The lowest BCUT2D eigenvalue weighted by Crippen LogP contribution is -2.31. The summed E-state index contributed by atoms with van der Waals surface area (Å²) in [5.41, 5.74) is 0.983. The van der Waals surface area contributed by atoms with E-state index in [9.17, 15) is 8.78 Å². The summed E-state index contributed by atoms with van der Waals surface area (Å²) in [7, 11) is 0. The van der Waals surface area contributed by atoms with E-state index < -0.39 is 6.29 Å². The minimum atomic E-state index is -3.54. The Morgan fingerprint density at radius 1 is 1.00 bits per heavy atom. The second-order valence-electron chi connectivity index (χ2n) is 8.96. The van der Waals surface area contributed by atoms with Crippen molar-refractivity contribution in [1.29, 1.82) is 0 Å². The molecule has 5 nitrogen and oxygen atoms in total. The monoisotopic (exact) mass is 408 g/mol. The number of ether oxygens (including phenoxy) is 3. The lowest BCUT2D eigenvalue weighted by molar-refractivity contribution is -0.286. The van der Waals surface area contributed by atoms with E-state index >= 15 is 0 Å². The quantitative estimate of drug-likeness (QED) is 0.615. The van der Waals surface area contributed by atoms with Gasteiger partial charge in [-0.3, -0.25) is 4.90 Å². The van der Waals surface area contributed by atoms with Crippen molar-refractivity contribution in [2.45, 2.75) is 38.5 Å². The molecule has 3 fully saturated rings. The Morgan fingerprint density at radius 3 is 2.55 bits per heavy atom. The molecular formula is C22H30F2N2O3. The fourth-order valence-corrected chi connectivity index (χ4v) is 5.26. The number of nitrogens with zero attached hydrogens (tertiary/aromatic N) is 2. The molecule has 0 amide bonds. The Labute approximate surface area is 170 Å². The molecule has 2 saturated heterocycles. The Morgan fingerprint density at radius 2 is 1.76 bits per heavy atom. The summed E-state index contributed by atoms with van der Waals surface area (Å²) in [4.78, 5) is 4.96. The Kier molecular flexibility index (Phi) is 5.39. The maximum atomic E-state index is 13.1. The third-order valence-corrected chi connectivity index (χ3v) is 6.84. The first-order chi connectivity index (χ1) is 14.1. The van der Waals surface area contributed by atoms with Crippen molar-refractivity contribution in [2.75, 3.05) is 45.9 Å². The van der Waals surface area contributed by atoms with Gasteiger partial charge < -0.3 is 19.1 Å². The van der Waals surface area contributed by atoms with E-state index in [1.54, 1.807) is 12.1 Å². The number of benzene rings is 1. The number of hydrogen-bond donors (Lipinski definition) is 0. The van der Waals surface area contributed by atoms with E-state index in [-0.39, 0.29) is 11.5 Å². The van der Waals surface area contributed by atoms with Crippen LogP contribution in [0.15, 0.2) is 18.2 Å². The van der Waals surface area contributed by atoms with Crippen LogP contribution in [0.25, 0.3) is 0 Å². The molecule has 1 aromatic carbocycles. The summed E-state index contributed by atoms with van der Waals surface area (Å²) in [5, 5.41) is 0. The SMILES string of the molecule is FC1(F)Oc2ccc(CN3CC4C(COCCCN5CCCCC5)C4C3)cc2O1. The number of fused-ring (bicyclic) bond motifs is 2. The molecule has 0 radical (unpaired) electrons. The van der Waals surface area contributed by atoms with Crippen LogP contribution in [0.4, 0.5) is 8.78 Å². The van der Waals surface area contributed by atoms with Crippen molar-refractivity contribution in [3.63, 3.8) is 0 Å². The van der Waals surface area contributed by atoms with Crippen molar-refractivity contribution >= 4 is 0 Å². The molecule has 0 N–H and O–H groups in total. The molecule has 29 heavy (non-hydrogen) atoms. The first kappa shape index (κ1) is 19.5. The number of piperidine rings is 2. The smallest absolute Gasteiger partial charge is 0.395 e. The van der Waals surface area contributed by atoms with Gasteiger partial charge in [0, 0.05) is 32.8 Å². The Bertz CT molecular complexity index is 714. The molecule has 0 bridgehead atoms. The van der Waals surface area contributed by atoms with Crippen LogP contribution >= 0.6 is 0 Å². The number of rotatable bonds is 8. The maximum absolute atomic E-state index is 13.1. The fourth-order valence-electron chi connectivity index (χ4n) is 5.26. The Hall–Kier alpha value is -1.44. The molecule has 160 valence electrons. The van der Waals surface area contributed by atoms with Gasteiger partial charge in [-0.05, 0) is 67.8 Å². The van der Waals surface area contributed by atoms with Gasteiger partial charge in [-0.2, -0.15) is 0 Å². The number of halogens is 2. The fraction of sp³-hybridized carbons (Fsp3) is 0.727. The third-order valence-electron chi connectivity index (χ3n) is 6.84. The van der Waals surface area contributed by atoms with Gasteiger partial charge in [-0.15, -0.1) is 8.78 Å². The van der Waals surface area contributed by atoms with Gasteiger partial charge >= 0.3 is 6.29 Å². The summed E-state index contributed by atoms with van der Waals surface area (Å²) < 4.78 is 41.3. The van der Waals surface area contributed by atoms with Crippen molar-refractivity contribution < 1.29 is 23.0 Å². The lowest BCUT2D eigenvalue weighted by Gasteiger charge is -2.26. The second kappa shape index (κ2) is 8.00. The normalized spacial score (nSPS) is 30.5. The van der Waals surface area contributed by atoms with E-state index in [0.29, 0.717) is 5.92 Å². The molecule has 7 heteroatoms. The molecule has 4 aliphatic rings. The zero-order chi connectivity index (χ0) is 19.8. The van der Waals surface area contributed by atoms with Crippen LogP contribution in [0.1, 0.15) is 31.2 Å². The van der Waals surface area contributed by atoms with Crippen LogP contribution in [0.3, 0.4) is 0 Å². The second-order valence-corrected chi connectivity index (χ2v) is 8.96. The van der Waals surface area contributed by atoms with Crippen molar-refractivity contribution in [3.05, 3.63) is 23.8 Å². The van der Waals surface area contributed by atoms with Crippen molar-refractivity contribution in [2.24, 2.45) is 17.8 Å². The van der Waals surface area contributed by atoms with Gasteiger partial charge in [-0.25, -0.2) is 0 Å². The van der Waals surface area contributed by atoms with Crippen LogP contribution < -0.4 is 9.47 Å². The van der Waals surface area contributed by atoms with Crippen LogP contribution in [0.5, 0.6) is 11.5 Å². The van der Waals surface area contributed by atoms with Crippen LogP contribution in [0.2, 0.25) is 0 Å². The molecule has 2 unspecified atom stereocenters. The van der Waals surface area contributed by atoms with Gasteiger partial charge in [-0.1, -0.05) is 12.5 Å². The van der Waals surface area contributed by atoms with Crippen molar-refractivity contribution in [1.82, 2.24) is 9.80 Å². The standard InChI is InChI=1S/C22H30F2N2O3/c23-22(24)28-20-6-5-16(11-21(20)29-22)12-26-13-17-18(14-26)19(17)15-27-10-4-9-25-7-2-1-3-8-25/h5-6,11,17-19H,1-4,7-10,12-15H2. The molecule has 2 atom stereocenters. The van der Waals surface area contributed by atoms with Gasteiger partial charge in [0.25, 0.3) is 0 Å². The summed E-state index contributed by atoms with van der Waals surface area (Å²) in [6.45, 7) is 8.35. The average Bonchev–Trinajstić information content (AvgIpc) is 3.01. The molecule has 1 aliphatic carbocycles. The summed E-state index contributed by atoms with van der Waals surface area (Å²) in [5.74, 6) is 2.41. The third kappa shape index (κ3) is 4.52. The van der Waals surface area contributed by atoms with Gasteiger partial charge in [0.1, 0.15) is 0 Å². The van der Waals surface area contributed by atoms with Gasteiger partial charge in [0.2, 0.25) is 0 Å². The Balaban J connectivity index is 0.989. The topological polar surface area (TPSA) is 34.2 Å². The highest BCUT2D eigenvalue weighted by Crippen LogP contribution is 2.52. The van der Waals surface area contributed by atoms with Crippen LogP contribution in [-0.4, -0.2) is 62.0 Å². The number of hydrogen-bond acceptors (Lipinski definition) is 5. The molecule has 3 heterocycles. The predicted octanol–water partition coefficient (Wildman–Crippen LogP) is 3.58. The average molecular weight is 408 g/mol. The summed E-state index contributed by atoms with van der Waals surface area (Å²) >= 11 is 0. The van der Waals surface area contributed by atoms with E-state index in [1.807, 2.05) is 6.07 Å². The molecule has 5 rings (SSSR count).